The number of rotatable bonds is 6. The smallest absolute Gasteiger partial charge is 0.272 e. The van der Waals surface area contributed by atoms with Gasteiger partial charge in [0.25, 0.3) is 11.8 Å². The van der Waals surface area contributed by atoms with E-state index in [-0.39, 0.29) is 27.9 Å². The number of aromatic nitrogens is 2. The molecule has 2 amide bonds. The van der Waals surface area contributed by atoms with Crippen LogP contribution >= 0.6 is 71.0 Å². The van der Waals surface area contributed by atoms with Gasteiger partial charge in [-0.15, -0.1) is 5.59 Å². The van der Waals surface area contributed by atoms with Gasteiger partial charge in [-0.05, 0) is 62.2 Å². The lowest BCUT2D eigenvalue weighted by Crippen LogP contribution is -2.37. The Balaban J connectivity index is 2.05. The number of carbonyl (C=O) groups is 2. The maximum Gasteiger partial charge on any atom is 0.272 e. The molecule has 0 aliphatic heterocycles. The molecule has 3 rings (SSSR count). The van der Waals surface area contributed by atoms with E-state index in [4.69, 9.17) is 23.2 Å². The maximum absolute atomic E-state index is 13.2. The average molecular weight is 657 g/mol. The average Bonchev–Trinajstić information content (AvgIpc) is 3.03. The molecule has 0 saturated carbocycles. The van der Waals surface area contributed by atoms with E-state index < -0.39 is 11.8 Å². The van der Waals surface area contributed by atoms with Gasteiger partial charge in [-0.25, -0.2) is 4.98 Å². The summed E-state index contributed by atoms with van der Waals surface area (Å²) >= 11 is 22.7. The summed E-state index contributed by atoms with van der Waals surface area (Å²) in [7, 11) is 1.35. The van der Waals surface area contributed by atoms with E-state index >= 15 is 0 Å². The Labute approximate surface area is 211 Å². The first-order valence-electron chi connectivity index (χ1n) is 8.31. The number of hydrazine groups is 1. The number of amides is 2. The van der Waals surface area contributed by atoms with Gasteiger partial charge in [0.1, 0.15) is 10.8 Å². The monoisotopic (exact) mass is 653 g/mol. The number of carbonyl (C=O) groups excluding carboxylic acids is 2. The Bertz CT molecular complexity index is 1170. The van der Waals surface area contributed by atoms with Crippen LogP contribution in [0, 0.1) is 0 Å². The molecule has 2 heterocycles. The van der Waals surface area contributed by atoms with Gasteiger partial charge in [0.15, 0.2) is 5.82 Å². The van der Waals surface area contributed by atoms with E-state index in [1.54, 1.807) is 24.3 Å². The molecule has 8 nitrogen and oxygen atoms in total. The Morgan fingerprint density at radius 2 is 1.84 bits per heavy atom. The maximum atomic E-state index is 13.2. The van der Waals surface area contributed by atoms with E-state index in [9.17, 15) is 9.59 Å². The van der Waals surface area contributed by atoms with Crippen molar-refractivity contribution in [1.82, 2.24) is 20.6 Å². The van der Waals surface area contributed by atoms with Crippen molar-refractivity contribution < 1.29 is 14.4 Å². The van der Waals surface area contributed by atoms with Crippen LogP contribution in [-0.2, 0) is 4.84 Å². The zero-order valence-electron chi connectivity index (χ0n) is 15.5. The molecule has 0 aliphatic carbocycles. The second-order valence-corrected chi connectivity index (χ2v) is 9.23. The molecule has 0 aliphatic rings. The number of anilines is 1. The zero-order valence-corrected chi connectivity index (χ0v) is 21.7. The van der Waals surface area contributed by atoms with Crippen molar-refractivity contribution in [2.45, 2.75) is 0 Å². The molecule has 3 N–H and O–H groups in total. The molecule has 3 aromatic rings. The SMILES string of the molecule is CONNC(=O)c1cc(Br)cc(Br)c1NC(=O)c1cc(Br)c(Cl)n1-c1ncccc1Cl. The van der Waals surface area contributed by atoms with Gasteiger partial charge in [-0.1, -0.05) is 39.1 Å². The van der Waals surface area contributed by atoms with Crippen LogP contribution in [0.15, 0.2) is 49.9 Å². The molecule has 0 unspecified atom stereocenters. The summed E-state index contributed by atoms with van der Waals surface area (Å²) in [6, 6.07) is 8.06. The molecule has 13 heteroatoms. The highest BCUT2D eigenvalue weighted by Crippen LogP contribution is 2.34. The summed E-state index contributed by atoms with van der Waals surface area (Å²) in [6.07, 6.45) is 1.53. The van der Waals surface area contributed by atoms with Gasteiger partial charge in [0.05, 0.1) is 27.9 Å². The second kappa shape index (κ2) is 10.4. The summed E-state index contributed by atoms with van der Waals surface area (Å²) in [6.45, 7) is 0. The highest BCUT2D eigenvalue weighted by atomic mass is 79.9. The molecule has 2 aromatic heterocycles. The van der Waals surface area contributed by atoms with E-state index in [2.05, 4.69) is 73.9 Å². The van der Waals surface area contributed by atoms with Crippen LogP contribution in [0.5, 0.6) is 0 Å². The van der Waals surface area contributed by atoms with Gasteiger partial charge in [-0.2, -0.15) is 0 Å². The zero-order chi connectivity index (χ0) is 22.7. The number of benzene rings is 1. The van der Waals surface area contributed by atoms with E-state index in [0.29, 0.717) is 18.4 Å². The predicted octanol–water partition coefficient (Wildman–Crippen LogP) is 5.51. The molecular weight excluding hydrogens is 645 g/mol. The highest BCUT2D eigenvalue weighted by Gasteiger charge is 2.24. The van der Waals surface area contributed by atoms with Crippen LogP contribution < -0.4 is 16.3 Å². The van der Waals surface area contributed by atoms with Crippen LogP contribution in [0.3, 0.4) is 0 Å². The lowest BCUT2D eigenvalue weighted by Gasteiger charge is -2.15. The quantitative estimate of drug-likeness (QED) is 0.304. The fourth-order valence-electron chi connectivity index (χ4n) is 2.59. The number of halogens is 5. The third kappa shape index (κ3) is 5.30. The topological polar surface area (TPSA) is 97.3 Å². The number of pyridine rings is 1. The van der Waals surface area contributed by atoms with E-state index in [1.807, 2.05) is 0 Å². The number of hydrogen-bond acceptors (Lipinski definition) is 5. The van der Waals surface area contributed by atoms with Crippen LogP contribution in [0.4, 0.5) is 5.69 Å². The molecule has 0 saturated heterocycles. The number of nitrogens with zero attached hydrogens (tertiary/aromatic N) is 2. The minimum absolute atomic E-state index is 0.147. The molecule has 162 valence electrons. The van der Waals surface area contributed by atoms with Crippen molar-refractivity contribution in [2.75, 3.05) is 12.4 Å². The van der Waals surface area contributed by atoms with Crippen molar-refractivity contribution in [3.8, 4) is 5.82 Å². The molecular formula is C18H12Br3Cl2N5O3. The third-order valence-corrected chi connectivity index (χ3v) is 6.47. The van der Waals surface area contributed by atoms with Crippen molar-refractivity contribution in [3.63, 3.8) is 0 Å². The summed E-state index contributed by atoms with van der Waals surface area (Å²) in [5.41, 5.74) is 5.14. The van der Waals surface area contributed by atoms with Gasteiger partial charge < -0.3 is 5.32 Å². The Kier molecular flexibility index (Phi) is 8.14. The Morgan fingerprint density at radius 3 is 2.52 bits per heavy atom. The molecule has 0 radical (unpaired) electrons. The minimum atomic E-state index is -0.550. The fraction of sp³-hybridized carbons (Fsp3) is 0.0556. The summed E-state index contributed by atoms with van der Waals surface area (Å²) in [5.74, 6) is -0.810. The van der Waals surface area contributed by atoms with Crippen molar-refractivity contribution in [3.05, 3.63) is 71.4 Å². The Morgan fingerprint density at radius 1 is 1.10 bits per heavy atom. The first-order valence-corrected chi connectivity index (χ1v) is 11.4. The van der Waals surface area contributed by atoms with Crippen molar-refractivity contribution in [2.24, 2.45) is 0 Å². The number of hydrogen-bond donors (Lipinski definition) is 3. The summed E-state index contributed by atoms with van der Waals surface area (Å²) < 4.78 is 2.96. The van der Waals surface area contributed by atoms with Gasteiger partial charge >= 0.3 is 0 Å². The molecule has 31 heavy (non-hydrogen) atoms. The van der Waals surface area contributed by atoms with Crippen LogP contribution in [-0.4, -0.2) is 28.5 Å². The largest absolute Gasteiger partial charge is 0.319 e. The molecule has 0 fully saturated rings. The van der Waals surface area contributed by atoms with Crippen LogP contribution in [0.1, 0.15) is 20.8 Å². The molecule has 0 bridgehead atoms. The van der Waals surface area contributed by atoms with Crippen molar-refractivity contribution in [1.29, 1.82) is 0 Å². The van der Waals surface area contributed by atoms with E-state index in [1.165, 1.54) is 23.9 Å². The Hall–Kier alpha value is -1.47. The highest BCUT2D eigenvalue weighted by molar-refractivity contribution is 9.11. The van der Waals surface area contributed by atoms with Gasteiger partial charge in [0, 0.05) is 15.1 Å². The molecule has 0 spiro atoms. The fourth-order valence-corrected chi connectivity index (χ4v) is 4.74. The first kappa shape index (κ1) is 24.2. The molecule has 1 aromatic carbocycles. The van der Waals surface area contributed by atoms with Gasteiger partial charge in [0.2, 0.25) is 0 Å². The summed E-state index contributed by atoms with van der Waals surface area (Å²) in [5, 5.41) is 3.26. The van der Waals surface area contributed by atoms with Crippen molar-refractivity contribution >= 4 is 88.5 Å². The van der Waals surface area contributed by atoms with E-state index in [0.717, 1.165) is 0 Å². The van der Waals surface area contributed by atoms with Crippen LogP contribution in [0.2, 0.25) is 10.2 Å². The lowest BCUT2D eigenvalue weighted by molar-refractivity contribution is 0.0459. The normalized spacial score (nSPS) is 10.8. The van der Waals surface area contributed by atoms with Crippen LogP contribution in [0.25, 0.3) is 5.82 Å². The standard InChI is InChI=1S/C18H12Br3Cl2N5O3/c1-31-27-26-17(29)9-5-8(19)6-10(20)14(9)25-18(30)13-7-11(21)15(23)28(13)16-12(22)3-2-4-24-16/h2-7,27H,1H3,(H,25,30)(H,26,29). The number of nitrogens with one attached hydrogen (secondary N) is 3. The third-order valence-electron chi connectivity index (χ3n) is 3.89. The minimum Gasteiger partial charge on any atom is -0.319 e. The molecule has 0 atom stereocenters. The first-order chi connectivity index (χ1) is 14.7. The lowest BCUT2D eigenvalue weighted by atomic mass is 10.1. The van der Waals surface area contributed by atoms with Gasteiger partial charge in [-0.3, -0.25) is 24.4 Å². The predicted molar refractivity (Wildman–Crippen MR) is 129 cm³/mol. The second-order valence-electron chi connectivity index (χ2n) is 5.84. The summed E-state index contributed by atoms with van der Waals surface area (Å²) in [4.78, 5) is 34.6.